The zero-order chi connectivity index (χ0) is 28.5. The molecule has 0 heterocycles. The Morgan fingerprint density at radius 1 is 0.500 bits per heavy atom. The smallest absolute Gasteiger partial charge is 0.124 e. The summed E-state index contributed by atoms with van der Waals surface area (Å²) in [6, 6.07) is 34.6. The van der Waals surface area contributed by atoms with Crippen molar-refractivity contribution in [2.45, 2.75) is 77.1 Å². The lowest BCUT2D eigenvalue weighted by molar-refractivity contribution is 0.239. The molecule has 0 aliphatic heterocycles. The highest BCUT2D eigenvalue weighted by atomic mass is 33.1. The summed E-state index contributed by atoms with van der Waals surface area (Å²) >= 11 is 0. The van der Waals surface area contributed by atoms with Crippen molar-refractivity contribution in [1.29, 1.82) is 0 Å². The van der Waals surface area contributed by atoms with Crippen LogP contribution in [-0.4, -0.2) is 12.2 Å². The van der Waals surface area contributed by atoms with E-state index in [1.165, 1.54) is 33.4 Å². The molecular formula is C36H42O2S2. The van der Waals surface area contributed by atoms with Crippen molar-refractivity contribution in [3.05, 3.63) is 108 Å². The maximum absolute atomic E-state index is 6.32. The molecule has 4 aromatic rings. The molecule has 0 radical (unpaired) electrons. The van der Waals surface area contributed by atoms with E-state index >= 15 is 0 Å². The van der Waals surface area contributed by atoms with E-state index in [-0.39, 0.29) is 12.2 Å². The van der Waals surface area contributed by atoms with Gasteiger partial charge in [-0.25, -0.2) is 0 Å². The maximum Gasteiger partial charge on any atom is 0.124 e. The van der Waals surface area contributed by atoms with E-state index in [0.29, 0.717) is 10.5 Å². The Kier molecular flexibility index (Phi) is 11.1. The first-order valence-corrected chi connectivity index (χ1v) is 16.7. The lowest BCUT2D eigenvalue weighted by Gasteiger charge is -2.25. The van der Waals surface area contributed by atoms with Crippen LogP contribution in [0.25, 0.3) is 22.3 Å². The van der Waals surface area contributed by atoms with Gasteiger partial charge in [0.05, 0.1) is 12.2 Å². The first-order valence-electron chi connectivity index (χ1n) is 14.4. The molecule has 0 aliphatic rings. The minimum atomic E-state index is 0.122. The van der Waals surface area contributed by atoms with Crippen molar-refractivity contribution in [3.8, 4) is 33.8 Å². The average molecular weight is 571 g/mol. The monoisotopic (exact) mass is 570 g/mol. The van der Waals surface area contributed by atoms with Gasteiger partial charge in [-0.15, -0.1) is 0 Å². The van der Waals surface area contributed by atoms with E-state index in [1.807, 2.05) is 21.6 Å². The van der Waals surface area contributed by atoms with Crippen molar-refractivity contribution >= 4 is 21.6 Å². The van der Waals surface area contributed by atoms with E-state index in [0.717, 1.165) is 24.3 Å². The fourth-order valence-corrected chi connectivity index (χ4v) is 8.12. The minimum Gasteiger partial charge on any atom is -0.491 e. The van der Waals surface area contributed by atoms with Gasteiger partial charge in [0.1, 0.15) is 11.5 Å². The molecule has 2 atom stereocenters. The van der Waals surface area contributed by atoms with Crippen LogP contribution in [-0.2, 0) is 0 Å². The minimum absolute atomic E-state index is 0.122. The lowest BCUT2D eigenvalue weighted by Crippen LogP contribution is -2.09. The van der Waals surface area contributed by atoms with Crippen LogP contribution in [0.5, 0.6) is 11.5 Å². The van der Waals surface area contributed by atoms with E-state index < -0.39 is 0 Å². The Morgan fingerprint density at radius 3 is 1.20 bits per heavy atom. The summed E-state index contributed by atoms with van der Waals surface area (Å²) in [5, 5.41) is 0.589. The SMILES string of the molecule is CC[C@@H](SS[C@H](CC)c1cc(-c2ccccc2)ccc1OC(C)C)c1cc(-c2ccccc2)ccc1OC(C)C. The number of ether oxygens (including phenoxy) is 2. The molecule has 40 heavy (non-hydrogen) atoms. The Bertz CT molecular complexity index is 1230. The molecule has 0 N–H and O–H groups in total. The van der Waals surface area contributed by atoms with Gasteiger partial charge in [-0.1, -0.05) is 108 Å². The molecule has 0 spiro atoms. The third-order valence-electron chi connectivity index (χ3n) is 6.68. The second-order valence-electron chi connectivity index (χ2n) is 10.6. The van der Waals surface area contributed by atoms with Crippen LogP contribution < -0.4 is 9.47 Å². The highest BCUT2D eigenvalue weighted by Crippen LogP contribution is 2.52. The molecule has 0 saturated heterocycles. The zero-order valence-corrected chi connectivity index (χ0v) is 26.2. The largest absolute Gasteiger partial charge is 0.491 e. The highest BCUT2D eigenvalue weighted by molar-refractivity contribution is 8.76. The summed E-state index contributed by atoms with van der Waals surface area (Å²) in [5.41, 5.74) is 7.44. The number of benzene rings is 4. The highest BCUT2D eigenvalue weighted by Gasteiger charge is 2.23. The summed E-state index contributed by atoms with van der Waals surface area (Å²) in [4.78, 5) is 0. The van der Waals surface area contributed by atoms with Crippen LogP contribution >= 0.6 is 21.6 Å². The summed E-state index contributed by atoms with van der Waals surface area (Å²) in [6.07, 6.45) is 2.27. The summed E-state index contributed by atoms with van der Waals surface area (Å²) in [7, 11) is 3.92. The standard InChI is InChI=1S/C36H42O2S2/c1-7-35(31-23-29(27-15-11-9-12-16-27)19-21-33(31)37-25(3)4)39-40-36(8-2)32-24-30(28-17-13-10-14-18-28)20-22-34(32)38-26(5)6/h9-26,35-36H,7-8H2,1-6H3/t35-,36-/m1/s1. The van der Waals surface area contributed by atoms with Gasteiger partial charge < -0.3 is 9.47 Å². The molecular weight excluding hydrogens is 529 g/mol. The summed E-state index contributed by atoms with van der Waals surface area (Å²) in [5.74, 6) is 1.97. The fourth-order valence-electron chi connectivity index (χ4n) is 4.76. The van der Waals surface area contributed by atoms with Gasteiger partial charge in [0.2, 0.25) is 0 Å². The normalized spacial score (nSPS) is 12.9. The topological polar surface area (TPSA) is 18.5 Å². The summed E-state index contributed by atoms with van der Waals surface area (Å²) in [6.45, 7) is 12.9. The van der Waals surface area contributed by atoms with E-state index in [9.17, 15) is 0 Å². The van der Waals surface area contributed by atoms with Gasteiger partial charge in [-0.05, 0) is 87.1 Å². The Balaban J connectivity index is 1.65. The summed E-state index contributed by atoms with van der Waals surface area (Å²) < 4.78 is 12.6. The second kappa shape index (κ2) is 14.7. The second-order valence-corrected chi connectivity index (χ2v) is 13.2. The Morgan fingerprint density at radius 2 is 0.875 bits per heavy atom. The van der Waals surface area contributed by atoms with E-state index in [2.05, 4.69) is 139 Å². The van der Waals surface area contributed by atoms with Crippen molar-refractivity contribution in [2.24, 2.45) is 0 Å². The first kappa shape index (κ1) is 30.1. The quantitative estimate of drug-likeness (QED) is 0.149. The molecule has 0 aliphatic carbocycles. The van der Waals surface area contributed by atoms with Crippen molar-refractivity contribution < 1.29 is 9.47 Å². The van der Waals surface area contributed by atoms with Crippen LogP contribution in [0, 0.1) is 0 Å². The number of hydrogen-bond donors (Lipinski definition) is 0. The van der Waals surface area contributed by atoms with Crippen molar-refractivity contribution in [3.63, 3.8) is 0 Å². The van der Waals surface area contributed by atoms with Gasteiger partial charge in [-0.3, -0.25) is 0 Å². The molecule has 0 saturated carbocycles. The van der Waals surface area contributed by atoms with E-state index in [4.69, 9.17) is 9.47 Å². The van der Waals surface area contributed by atoms with Crippen molar-refractivity contribution in [2.75, 3.05) is 0 Å². The molecule has 0 unspecified atom stereocenters. The Labute approximate surface area is 249 Å². The van der Waals surface area contributed by atoms with Gasteiger partial charge in [0, 0.05) is 21.6 Å². The zero-order valence-electron chi connectivity index (χ0n) is 24.6. The fraction of sp³-hybridized carbons (Fsp3) is 0.333. The molecule has 0 amide bonds. The van der Waals surface area contributed by atoms with Gasteiger partial charge >= 0.3 is 0 Å². The predicted molar refractivity (Wildman–Crippen MR) is 177 cm³/mol. The molecule has 0 fully saturated rings. The van der Waals surface area contributed by atoms with E-state index in [1.54, 1.807) is 0 Å². The molecule has 2 nitrogen and oxygen atoms in total. The van der Waals surface area contributed by atoms with Crippen LogP contribution in [0.4, 0.5) is 0 Å². The molecule has 0 bridgehead atoms. The van der Waals surface area contributed by atoms with Crippen LogP contribution in [0.2, 0.25) is 0 Å². The molecule has 4 heteroatoms. The van der Waals surface area contributed by atoms with Crippen LogP contribution in [0.15, 0.2) is 97.1 Å². The molecule has 0 aromatic heterocycles. The maximum atomic E-state index is 6.32. The third-order valence-corrected chi connectivity index (χ3v) is 10.2. The first-order chi connectivity index (χ1) is 19.4. The predicted octanol–water partition coefficient (Wildman–Crippen LogP) is 11.6. The Hall–Kier alpha value is -2.82. The van der Waals surface area contributed by atoms with Crippen molar-refractivity contribution in [1.82, 2.24) is 0 Å². The van der Waals surface area contributed by atoms with Gasteiger partial charge in [-0.2, -0.15) is 0 Å². The van der Waals surface area contributed by atoms with Crippen LogP contribution in [0.3, 0.4) is 0 Å². The van der Waals surface area contributed by atoms with Gasteiger partial charge in [0.15, 0.2) is 0 Å². The lowest BCUT2D eigenvalue weighted by atomic mass is 10.00. The molecule has 4 aromatic carbocycles. The third kappa shape index (κ3) is 7.89. The molecule has 210 valence electrons. The molecule has 4 rings (SSSR count). The number of rotatable bonds is 13. The van der Waals surface area contributed by atoms with Crippen LogP contribution in [0.1, 0.15) is 76.0 Å². The average Bonchev–Trinajstić information content (AvgIpc) is 2.97. The number of hydrogen-bond acceptors (Lipinski definition) is 4. The van der Waals surface area contributed by atoms with Gasteiger partial charge in [0.25, 0.3) is 0 Å².